The van der Waals surface area contributed by atoms with Gasteiger partial charge in [-0.1, -0.05) is 11.6 Å². The van der Waals surface area contributed by atoms with E-state index in [1.54, 1.807) is 17.7 Å². The zero-order chi connectivity index (χ0) is 22.7. The second kappa shape index (κ2) is 9.67. The second-order valence-electron chi connectivity index (χ2n) is 7.02. The minimum Gasteiger partial charge on any atom is -0.388 e. The van der Waals surface area contributed by atoms with Crippen molar-refractivity contribution < 1.29 is 14.9 Å². The largest absolute Gasteiger partial charge is 0.388 e. The number of hydrogen-bond donors (Lipinski definition) is 5. The van der Waals surface area contributed by atoms with E-state index in [1.807, 2.05) is 0 Å². The molecule has 0 bridgehead atoms. The molecular formula is C18H23ClN10O3. The molecule has 32 heavy (non-hydrogen) atoms. The number of imidazole rings is 1. The first-order chi connectivity index (χ1) is 15.5. The third kappa shape index (κ3) is 4.33. The molecule has 6 N–H and O–H groups in total. The van der Waals surface area contributed by atoms with Crippen molar-refractivity contribution >= 4 is 46.3 Å². The van der Waals surface area contributed by atoms with Crippen LogP contribution < -0.4 is 16.4 Å². The van der Waals surface area contributed by atoms with Crippen LogP contribution in [0, 0.1) is 0 Å². The number of aliphatic imine (C=N–C) groups is 1. The molecule has 1 aliphatic heterocycles. The maximum absolute atomic E-state index is 10.5. The number of halogens is 1. The number of nitrogens with two attached hydrogens (primary N) is 1. The van der Waals surface area contributed by atoms with Gasteiger partial charge in [0.2, 0.25) is 0 Å². The summed E-state index contributed by atoms with van der Waals surface area (Å²) < 4.78 is 7.46. The highest BCUT2D eigenvalue weighted by atomic mass is 35.5. The highest BCUT2D eigenvalue weighted by molar-refractivity contribution is 6.32. The summed E-state index contributed by atoms with van der Waals surface area (Å²) in [5.41, 5.74) is 7.15. The Bertz CT molecular complexity index is 1110. The second-order valence-corrected chi connectivity index (χ2v) is 7.38. The van der Waals surface area contributed by atoms with Crippen molar-refractivity contribution in [2.24, 2.45) is 4.99 Å². The van der Waals surface area contributed by atoms with Crippen molar-refractivity contribution in [3.8, 4) is 0 Å². The predicted octanol–water partition coefficient (Wildman–Crippen LogP) is 0.243. The van der Waals surface area contributed by atoms with E-state index in [-0.39, 0.29) is 11.0 Å². The molecule has 1 fully saturated rings. The number of rotatable bonds is 8. The number of nitrogens with one attached hydrogen (secondary N) is 2. The molecule has 1 aliphatic rings. The van der Waals surface area contributed by atoms with Crippen LogP contribution in [-0.2, 0) is 4.74 Å². The summed E-state index contributed by atoms with van der Waals surface area (Å²) in [5.74, 6) is 0.665. The molecule has 0 amide bonds. The van der Waals surface area contributed by atoms with Crippen LogP contribution in [-0.4, -0.2) is 77.4 Å². The Morgan fingerprint density at radius 3 is 2.84 bits per heavy atom. The van der Waals surface area contributed by atoms with E-state index in [0.717, 1.165) is 0 Å². The molecule has 4 rings (SSSR count). The highest BCUT2D eigenvalue weighted by Crippen LogP contribution is 2.33. The number of anilines is 2. The number of aliphatic hydroxyl groups is 2. The van der Waals surface area contributed by atoms with Crippen molar-refractivity contribution in [1.29, 1.82) is 0 Å². The fourth-order valence-electron chi connectivity index (χ4n) is 3.47. The van der Waals surface area contributed by atoms with Gasteiger partial charge < -0.3 is 26.0 Å². The molecule has 4 atom stereocenters. The van der Waals surface area contributed by atoms with Crippen LogP contribution in [0.3, 0.4) is 0 Å². The summed E-state index contributed by atoms with van der Waals surface area (Å²) in [4.78, 5) is 24.4. The molecule has 14 heteroatoms. The lowest BCUT2D eigenvalue weighted by atomic mass is 10.1. The van der Waals surface area contributed by atoms with E-state index in [0.29, 0.717) is 42.3 Å². The van der Waals surface area contributed by atoms with E-state index in [2.05, 4.69) is 40.5 Å². The first kappa shape index (κ1) is 22.2. The fourth-order valence-corrected chi connectivity index (χ4v) is 3.66. The first-order valence-electron chi connectivity index (χ1n) is 9.89. The van der Waals surface area contributed by atoms with Gasteiger partial charge in [-0.25, -0.2) is 29.9 Å². The van der Waals surface area contributed by atoms with Crippen molar-refractivity contribution in [1.82, 2.24) is 34.8 Å². The molecular weight excluding hydrogens is 440 g/mol. The van der Waals surface area contributed by atoms with Crippen LogP contribution in [0.25, 0.3) is 11.2 Å². The van der Waals surface area contributed by atoms with Gasteiger partial charge in [0.05, 0.1) is 19.1 Å². The molecule has 1 saturated heterocycles. The van der Waals surface area contributed by atoms with Gasteiger partial charge in [0.25, 0.3) is 0 Å². The molecule has 0 saturated carbocycles. The van der Waals surface area contributed by atoms with Crippen LogP contribution in [0.5, 0.6) is 0 Å². The van der Waals surface area contributed by atoms with Crippen molar-refractivity contribution in [2.45, 2.75) is 37.9 Å². The standard InChI is InChI=1S/C18H23ClN10O3/c1-2-22-16-10(14(19)24-6-26-16)23-5-21-4-3-9-12(30)13(31)18(32-9)29-8-28-11-15(20)25-7-27-17(11)29/h2,6-9,12-13,18,21,23,30-31H,3-5H2,1H3,(H2,20,25,27). The zero-order valence-electron chi connectivity index (χ0n) is 17.1. The predicted molar refractivity (Wildman–Crippen MR) is 118 cm³/mol. The van der Waals surface area contributed by atoms with Gasteiger partial charge in [0.15, 0.2) is 28.7 Å². The van der Waals surface area contributed by atoms with E-state index >= 15 is 0 Å². The smallest absolute Gasteiger partial charge is 0.179 e. The maximum Gasteiger partial charge on any atom is 0.179 e. The molecule has 3 aromatic heterocycles. The van der Waals surface area contributed by atoms with Gasteiger partial charge in [-0.15, -0.1) is 0 Å². The zero-order valence-corrected chi connectivity index (χ0v) is 17.9. The Hall–Kier alpha value is -2.97. The van der Waals surface area contributed by atoms with Gasteiger partial charge in [-0.2, -0.15) is 0 Å². The van der Waals surface area contributed by atoms with Crippen LogP contribution in [0.15, 0.2) is 24.0 Å². The minimum atomic E-state index is -1.15. The topological polar surface area (TPSA) is 182 Å². The molecule has 0 aromatic carbocycles. The Kier molecular flexibility index (Phi) is 6.72. The normalized spacial score (nSPS) is 23.4. The van der Waals surface area contributed by atoms with Gasteiger partial charge in [0, 0.05) is 6.21 Å². The number of aliphatic hydroxyl groups excluding tert-OH is 2. The summed E-state index contributed by atoms with van der Waals surface area (Å²) >= 11 is 6.11. The third-order valence-corrected chi connectivity index (χ3v) is 5.31. The SMILES string of the molecule is CC=Nc1ncnc(Cl)c1NCNCCC1OC(n2cnc3c(N)ncnc32)C(O)C1O. The van der Waals surface area contributed by atoms with Crippen LogP contribution in [0.1, 0.15) is 19.6 Å². The quantitative estimate of drug-likeness (QED) is 0.134. The van der Waals surface area contributed by atoms with Crippen LogP contribution in [0.4, 0.5) is 17.3 Å². The Morgan fingerprint density at radius 1 is 1.22 bits per heavy atom. The fraction of sp³-hybridized carbons (Fsp3) is 0.444. The first-order valence-corrected chi connectivity index (χ1v) is 10.3. The Morgan fingerprint density at radius 2 is 2.03 bits per heavy atom. The average molecular weight is 463 g/mol. The summed E-state index contributed by atoms with van der Waals surface area (Å²) in [5, 5.41) is 27.5. The molecule has 4 unspecified atom stereocenters. The van der Waals surface area contributed by atoms with Gasteiger partial charge in [0.1, 0.15) is 36.1 Å². The van der Waals surface area contributed by atoms with Crippen molar-refractivity contribution in [2.75, 3.05) is 24.3 Å². The lowest BCUT2D eigenvalue weighted by molar-refractivity contribution is -0.0366. The molecule has 170 valence electrons. The number of aromatic nitrogens is 6. The van der Waals surface area contributed by atoms with E-state index in [9.17, 15) is 10.2 Å². The summed E-state index contributed by atoms with van der Waals surface area (Å²) in [7, 11) is 0. The Balaban J connectivity index is 1.33. The maximum atomic E-state index is 10.5. The molecule has 4 heterocycles. The summed E-state index contributed by atoms with van der Waals surface area (Å²) in [6.45, 7) is 2.63. The van der Waals surface area contributed by atoms with Crippen LogP contribution >= 0.6 is 11.6 Å². The molecule has 0 radical (unpaired) electrons. The van der Waals surface area contributed by atoms with Crippen LogP contribution in [0.2, 0.25) is 5.15 Å². The molecule has 13 nitrogen and oxygen atoms in total. The molecule has 0 aliphatic carbocycles. The van der Waals surface area contributed by atoms with E-state index in [4.69, 9.17) is 22.1 Å². The lowest BCUT2D eigenvalue weighted by Gasteiger charge is -2.16. The number of fused-ring (bicyclic) bond motifs is 1. The van der Waals surface area contributed by atoms with Crippen molar-refractivity contribution in [3.05, 3.63) is 24.1 Å². The highest BCUT2D eigenvalue weighted by Gasteiger charge is 2.43. The average Bonchev–Trinajstić information content (AvgIpc) is 3.32. The number of ether oxygens (including phenoxy) is 1. The van der Waals surface area contributed by atoms with Gasteiger partial charge in [-0.3, -0.25) is 9.88 Å². The third-order valence-electron chi connectivity index (χ3n) is 5.03. The number of nitrogen functional groups attached to an aromatic ring is 1. The number of hydrogen-bond acceptors (Lipinski definition) is 12. The molecule has 0 spiro atoms. The number of nitrogens with zero attached hydrogens (tertiary/aromatic N) is 7. The van der Waals surface area contributed by atoms with E-state index in [1.165, 1.54) is 19.0 Å². The minimum absolute atomic E-state index is 0.228. The summed E-state index contributed by atoms with van der Waals surface area (Å²) in [6, 6.07) is 0. The van der Waals surface area contributed by atoms with Gasteiger partial charge >= 0.3 is 0 Å². The van der Waals surface area contributed by atoms with Crippen molar-refractivity contribution in [3.63, 3.8) is 0 Å². The molecule has 3 aromatic rings. The van der Waals surface area contributed by atoms with E-state index < -0.39 is 24.5 Å². The van der Waals surface area contributed by atoms with Gasteiger partial charge in [-0.05, 0) is 19.9 Å². The monoisotopic (exact) mass is 462 g/mol. The Labute approximate surface area is 187 Å². The lowest BCUT2D eigenvalue weighted by Crippen LogP contribution is -2.34. The summed E-state index contributed by atoms with van der Waals surface area (Å²) in [6.07, 6.45) is 2.50.